The Morgan fingerprint density at radius 1 is 1.62 bits per heavy atom. The second-order valence-electron chi connectivity index (χ2n) is 5.05. The number of carboxylic acid groups (broad SMARTS) is 1. The van der Waals surface area contributed by atoms with Crippen LogP contribution < -0.4 is 0 Å². The number of likely N-dealkylation sites (tertiary alicyclic amines) is 1. The largest absolute Gasteiger partial charge is 0.480 e. The van der Waals surface area contributed by atoms with E-state index in [1.807, 2.05) is 0 Å². The van der Waals surface area contributed by atoms with Crippen LogP contribution in [-0.4, -0.2) is 55.3 Å². The molecule has 2 rings (SSSR count). The first-order valence-corrected chi connectivity index (χ1v) is 7.58. The number of thioether (sulfide) groups is 1. The first-order chi connectivity index (χ1) is 9.97. The van der Waals surface area contributed by atoms with Crippen LogP contribution in [0.5, 0.6) is 0 Å². The molecule has 1 aliphatic heterocycles. The zero-order valence-electron chi connectivity index (χ0n) is 11.6. The molecule has 0 saturated carbocycles. The van der Waals surface area contributed by atoms with E-state index >= 15 is 0 Å². The molecule has 0 bridgehead atoms. The number of amides is 1. The van der Waals surface area contributed by atoms with Crippen molar-refractivity contribution in [2.24, 2.45) is 5.92 Å². The summed E-state index contributed by atoms with van der Waals surface area (Å²) in [4.78, 5) is 42.6. The van der Waals surface area contributed by atoms with Crippen molar-refractivity contribution >= 4 is 28.8 Å². The van der Waals surface area contributed by atoms with Crippen molar-refractivity contribution in [2.45, 2.75) is 25.8 Å². The van der Waals surface area contributed by atoms with Crippen molar-refractivity contribution in [3.63, 3.8) is 0 Å². The third kappa shape index (κ3) is 4.07. The highest BCUT2D eigenvalue weighted by Crippen LogP contribution is 2.25. The molecule has 21 heavy (non-hydrogen) atoms. The summed E-state index contributed by atoms with van der Waals surface area (Å²) in [5.41, 5.74) is 0.678. The highest BCUT2D eigenvalue weighted by Gasteiger charge is 2.37. The average Bonchev–Trinajstić information content (AvgIpc) is 3.03. The number of rotatable bonds is 6. The van der Waals surface area contributed by atoms with Gasteiger partial charge in [-0.05, 0) is 5.92 Å². The molecule has 8 heteroatoms. The maximum atomic E-state index is 12.0. The maximum absolute atomic E-state index is 12.0. The summed E-state index contributed by atoms with van der Waals surface area (Å²) in [7, 11) is 0. The molecule has 0 aromatic carbocycles. The van der Waals surface area contributed by atoms with E-state index in [2.05, 4.69) is 9.97 Å². The van der Waals surface area contributed by atoms with Crippen LogP contribution in [0.15, 0.2) is 12.5 Å². The lowest BCUT2D eigenvalue weighted by molar-refractivity contribution is -0.148. The number of carbonyl (C=O) groups is 3. The van der Waals surface area contributed by atoms with Gasteiger partial charge in [0.25, 0.3) is 0 Å². The third-order valence-corrected chi connectivity index (χ3v) is 4.43. The SMILES string of the molecule is CC(=O)SCC1CC(=O)N([C@@H](Cc2cnc[nH]2)C(=O)O)C1. The van der Waals surface area contributed by atoms with Crippen molar-refractivity contribution in [1.29, 1.82) is 0 Å². The van der Waals surface area contributed by atoms with Gasteiger partial charge in [0.15, 0.2) is 5.12 Å². The van der Waals surface area contributed by atoms with Crippen LogP contribution in [-0.2, 0) is 20.8 Å². The van der Waals surface area contributed by atoms with Crippen molar-refractivity contribution in [3.05, 3.63) is 18.2 Å². The van der Waals surface area contributed by atoms with E-state index in [4.69, 9.17) is 0 Å². The second kappa shape index (κ2) is 6.75. The molecule has 1 aromatic heterocycles. The molecule has 1 amide bonds. The predicted octanol–water partition coefficient (Wildman–Crippen LogP) is 0.534. The third-order valence-electron chi connectivity index (χ3n) is 3.39. The molecule has 1 aliphatic rings. The topological polar surface area (TPSA) is 103 Å². The summed E-state index contributed by atoms with van der Waals surface area (Å²) >= 11 is 1.18. The molecule has 0 spiro atoms. The Hall–Kier alpha value is -1.83. The number of carboxylic acids is 1. The van der Waals surface area contributed by atoms with Crippen molar-refractivity contribution in [2.75, 3.05) is 12.3 Å². The van der Waals surface area contributed by atoms with E-state index in [0.29, 0.717) is 24.4 Å². The first kappa shape index (κ1) is 15.6. The maximum Gasteiger partial charge on any atom is 0.326 e. The van der Waals surface area contributed by atoms with E-state index < -0.39 is 12.0 Å². The number of H-pyrrole nitrogens is 1. The monoisotopic (exact) mass is 311 g/mol. The lowest BCUT2D eigenvalue weighted by atomic mass is 10.1. The number of nitrogens with one attached hydrogen (secondary N) is 1. The predicted molar refractivity (Wildman–Crippen MR) is 76.7 cm³/mol. The molecule has 1 unspecified atom stereocenters. The van der Waals surface area contributed by atoms with E-state index in [-0.39, 0.29) is 23.4 Å². The summed E-state index contributed by atoms with van der Waals surface area (Å²) in [6.07, 6.45) is 3.53. The number of hydrogen-bond acceptors (Lipinski definition) is 5. The molecule has 1 aromatic rings. The molecule has 2 atom stereocenters. The van der Waals surface area contributed by atoms with Gasteiger partial charge in [-0.2, -0.15) is 0 Å². The number of carbonyl (C=O) groups excluding carboxylic acids is 2. The van der Waals surface area contributed by atoms with E-state index in [9.17, 15) is 19.5 Å². The quantitative estimate of drug-likeness (QED) is 0.794. The van der Waals surface area contributed by atoms with Crippen molar-refractivity contribution < 1.29 is 19.5 Å². The summed E-state index contributed by atoms with van der Waals surface area (Å²) in [5, 5.41) is 9.37. The Bertz CT molecular complexity index is 532. The van der Waals surface area contributed by atoms with Gasteiger partial charge in [-0.25, -0.2) is 9.78 Å². The van der Waals surface area contributed by atoms with Crippen LogP contribution in [0.25, 0.3) is 0 Å². The van der Waals surface area contributed by atoms with Gasteiger partial charge in [-0.3, -0.25) is 9.59 Å². The van der Waals surface area contributed by atoms with Gasteiger partial charge in [-0.1, -0.05) is 11.8 Å². The number of imidazole rings is 1. The van der Waals surface area contributed by atoms with Crippen LogP contribution in [0.1, 0.15) is 19.0 Å². The fraction of sp³-hybridized carbons (Fsp3) is 0.538. The molecule has 0 aliphatic carbocycles. The zero-order chi connectivity index (χ0) is 15.4. The standard InChI is InChI=1S/C13H17N3O4S/c1-8(17)21-6-9-2-12(18)16(5-9)11(13(19)20)3-10-4-14-7-15-10/h4,7,9,11H,2-3,5-6H2,1H3,(H,14,15)(H,19,20)/t9?,11-/m0/s1. The average molecular weight is 311 g/mol. The van der Waals surface area contributed by atoms with Crippen LogP contribution in [0, 0.1) is 5.92 Å². The number of hydrogen-bond donors (Lipinski definition) is 2. The van der Waals surface area contributed by atoms with Crippen molar-refractivity contribution in [3.8, 4) is 0 Å². The first-order valence-electron chi connectivity index (χ1n) is 6.60. The molecule has 7 nitrogen and oxygen atoms in total. The molecular formula is C13H17N3O4S. The number of aliphatic carboxylic acids is 1. The Balaban J connectivity index is 2.01. The Labute approximate surface area is 126 Å². The summed E-state index contributed by atoms with van der Waals surface area (Å²) in [6, 6.07) is -0.898. The number of aromatic nitrogens is 2. The summed E-state index contributed by atoms with van der Waals surface area (Å²) < 4.78 is 0. The van der Waals surface area contributed by atoms with Gasteiger partial charge in [0.2, 0.25) is 5.91 Å². The number of aromatic amines is 1. The minimum atomic E-state index is -1.03. The molecular weight excluding hydrogens is 294 g/mol. The molecule has 0 radical (unpaired) electrons. The fourth-order valence-corrected chi connectivity index (χ4v) is 3.09. The van der Waals surface area contributed by atoms with Crippen LogP contribution in [0.2, 0.25) is 0 Å². The van der Waals surface area contributed by atoms with Crippen LogP contribution in [0.4, 0.5) is 0 Å². The van der Waals surface area contributed by atoms with E-state index in [1.165, 1.54) is 29.9 Å². The van der Waals surface area contributed by atoms with Crippen molar-refractivity contribution in [1.82, 2.24) is 14.9 Å². The Kier molecular flexibility index (Phi) is 5.00. The highest BCUT2D eigenvalue weighted by atomic mass is 32.2. The van der Waals surface area contributed by atoms with E-state index in [1.54, 1.807) is 6.20 Å². The fourth-order valence-electron chi connectivity index (χ4n) is 2.39. The molecule has 2 heterocycles. The molecule has 1 fully saturated rings. The molecule has 114 valence electrons. The van der Waals surface area contributed by atoms with Gasteiger partial charge in [-0.15, -0.1) is 0 Å². The molecule has 2 N–H and O–H groups in total. The van der Waals surface area contributed by atoms with Gasteiger partial charge in [0, 0.05) is 44.0 Å². The summed E-state index contributed by atoms with van der Waals surface area (Å²) in [6.45, 7) is 1.86. The number of nitrogens with zero attached hydrogens (tertiary/aromatic N) is 2. The van der Waals surface area contributed by atoms with Crippen LogP contribution in [0.3, 0.4) is 0 Å². The minimum absolute atomic E-state index is 0.00754. The zero-order valence-corrected chi connectivity index (χ0v) is 12.4. The van der Waals surface area contributed by atoms with Crippen LogP contribution >= 0.6 is 11.8 Å². The Morgan fingerprint density at radius 3 is 2.95 bits per heavy atom. The minimum Gasteiger partial charge on any atom is -0.480 e. The van der Waals surface area contributed by atoms with Gasteiger partial charge in [0.05, 0.1) is 6.33 Å². The van der Waals surface area contributed by atoms with Gasteiger partial charge < -0.3 is 15.0 Å². The van der Waals surface area contributed by atoms with Gasteiger partial charge in [0.1, 0.15) is 6.04 Å². The van der Waals surface area contributed by atoms with E-state index in [0.717, 1.165) is 0 Å². The van der Waals surface area contributed by atoms with Gasteiger partial charge >= 0.3 is 5.97 Å². The summed E-state index contributed by atoms with van der Waals surface area (Å²) in [5.74, 6) is -0.627. The highest BCUT2D eigenvalue weighted by molar-refractivity contribution is 8.13. The normalized spacial score (nSPS) is 19.8. The lowest BCUT2D eigenvalue weighted by Gasteiger charge is -2.24. The second-order valence-corrected chi connectivity index (χ2v) is 6.25. The lowest BCUT2D eigenvalue weighted by Crippen LogP contribution is -2.43. The smallest absolute Gasteiger partial charge is 0.326 e. The molecule has 1 saturated heterocycles. The Morgan fingerprint density at radius 2 is 2.38 bits per heavy atom.